The van der Waals surface area contributed by atoms with Gasteiger partial charge in [-0.2, -0.15) is 0 Å². The van der Waals surface area contributed by atoms with Crippen LogP contribution in [-0.2, 0) is 16.6 Å². The highest BCUT2D eigenvalue weighted by Crippen LogP contribution is 2.23. The van der Waals surface area contributed by atoms with Crippen LogP contribution < -0.4 is 9.46 Å². The molecule has 0 fully saturated rings. The first-order valence-electron chi connectivity index (χ1n) is 9.37. The molecule has 0 aromatic heterocycles. The maximum absolute atomic E-state index is 12.8. The number of rotatable bonds is 7. The lowest BCUT2D eigenvalue weighted by atomic mass is 10.1. The minimum atomic E-state index is -3.75. The lowest BCUT2D eigenvalue weighted by Crippen LogP contribution is -2.26. The molecule has 0 aliphatic carbocycles. The van der Waals surface area contributed by atoms with Gasteiger partial charge in [0, 0.05) is 19.2 Å². The summed E-state index contributed by atoms with van der Waals surface area (Å²) >= 11 is 0. The molecule has 7 heteroatoms. The van der Waals surface area contributed by atoms with Gasteiger partial charge in [-0.1, -0.05) is 30.3 Å². The van der Waals surface area contributed by atoms with E-state index in [0.29, 0.717) is 29.1 Å². The van der Waals surface area contributed by atoms with Crippen LogP contribution in [0.25, 0.3) is 0 Å². The smallest absolute Gasteiger partial charge is 0.261 e. The molecule has 0 unspecified atom stereocenters. The van der Waals surface area contributed by atoms with Crippen LogP contribution in [0.4, 0.5) is 5.69 Å². The summed E-state index contributed by atoms with van der Waals surface area (Å²) in [7, 11) is -0.492. The molecule has 1 amide bonds. The number of hydrogen-bond acceptors (Lipinski definition) is 4. The first-order chi connectivity index (χ1) is 14.3. The number of sulfonamides is 1. The van der Waals surface area contributed by atoms with E-state index in [4.69, 9.17) is 4.74 Å². The number of hydrogen-bond donors (Lipinski definition) is 1. The zero-order chi connectivity index (χ0) is 21.7. The van der Waals surface area contributed by atoms with Crippen molar-refractivity contribution < 1.29 is 17.9 Å². The summed E-state index contributed by atoms with van der Waals surface area (Å²) < 4.78 is 33.0. The Balaban J connectivity index is 1.75. The molecule has 3 rings (SSSR count). The normalized spacial score (nSPS) is 11.0. The molecule has 3 aromatic rings. The van der Waals surface area contributed by atoms with E-state index in [9.17, 15) is 13.2 Å². The first kappa shape index (κ1) is 21.4. The van der Waals surface area contributed by atoms with E-state index >= 15 is 0 Å². The Morgan fingerprint density at radius 3 is 2.27 bits per heavy atom. The molecule has 3 aromatic carbocycles. The van der Waals surface area contributed by atoms with Crippen LogP contribution in [0.2, 0.25) is 0 Å². The number of benzene rings is 3. The number of ether oxygens (including phenoxy) is 1. The summed E-state index contributed by atoms with van der Waals surface area (Å²) in [6.45, 7) is 2.25. The first-order valence-corrected chi connectivity index (χ1v) is 10.9. The van der Waals surface area contributed by atoms with Crippen LogP contribution in [-0.4, -0.2) is 33.4 Å². The van der Waals surface area contributed by atoms with Crippen molar-refractivity contribution in [1.82, 2.24) is 4.90 Å². The third-order valence-electron chi connectivity index (χ3n) is 4.70. The minimum Gasteiger partial charge on any atom is -0.497 e. The van der Waals surface area contributed by atoms with Gasteiger partial charge < -0.3 is 9.64 Å². The number of anilines is 1. The molecule has 0 saturated heterocycles. The van der Waals surface area contributed by atoms with Gasteiger partial charge in [0.25, 0.3) is 15.9 Å². The van der Waals surface area contributed by atoms with Gasteiger partial charge in [-0.15, -0.1) is 0 Å². The van der Waals surface area contributed by atoms with E-state index < -0.39 is 10.0 Å². The van der Waals surface area contributed by atoms with Crippen molar-refractivity contribution in [2.75, 3.05) is 18.9 Å². The number of amides is 1. The number of aryl methyl sites for hydroxylation is 1. The van der Waals surface area contributed by atoms with E-state index in [0.717, 1.165) is 5.56 Å². The Bertz CT molecular complexity index is 1130. The zero-order valence-electron chi connectivity index (χ0n) is 17.1. The molecule has 0 radical (unpaired) electrons. The van der Waals surface area contributed by atoms with Crippen LogP contribution in [0.15, 0.2) is 77.7 Å². The highest BCUT2D eigenvalue weighted by Gasteiger charge is 2.17. The average Bonchev–Trinajstić information content (AvgIpc) is 2.75. The van der Waals surface area contributed by atoms with Crippen molar-refractivity contribution in [2.45, 2.75) is 18.4 Å². The van der Waals surface area contributed by atoms with E-state index in [1.54, 1.807) is 49.2 Å². The van der Waals surface area contributed by atoms with Crippen molar-refractivity contribution in [3.05, 3.63) is 89.5 Å². The van der Waals surface area contributed by atoms with E-state index in [1.807, 2.05) is 30.3 Å². The molecule has 156 valence electrons. The quantitative estimate of drug-likeness (QED) is 0.620. The molecule has 0 bridgehead atoms. The molecule has 0 aliphatic rings. The van der Waals surface area contributed by atoms with Gasteiger partial charge in [-0.25, -0.2) is 8.42 Å². The lowest BCUT2D eigenvalue weighted by Gasteiger charge is -2.18. The fraction of sp³-hybridized carbons (Fsp3) is 0.174. The predicted octanol–water partition coefficient (Wildman–Crippen LogP) is 4.08. The summed E-state index contributed by atoms with van der Waals surface area (Å²) in [5.74, 6) is 0.444. The third kappa shape index (κ3) is 4.99. The maximum atomic E-state index is 12.8. The molecule has 1 N–H and O–H groups in total. The molecule has 0 saturated carbocycles. The largest absolute Gasteiger partial charge is 0.497 e. The van der Waals surface area contributed by atoms with Crippen molar-refractivity contribution in [1.29, 1.82) is 0 Å². The van der Waals surface area contributed by atoms with Crippen LogP contribution in [0.3, 0.4) is 0 Å². The van der Waals surface area contributed by atoms with Crippen LogP contribution in [0.1, 0.15) is 21.5 Å². The fourth-order valence-electron chi connectivity index (χ4n) is 3.02. The van der Waals surface area contributed by atoms with Gasteiger partial charge in [-0.3, -0.25) is 9.52 Å². The van der Waals surface area contributed by atoms with E-state index in [1.165, 1.54) is 19.2 Å². The van der Waals surface area contributed by atoms with Crippen LogP contribution >= 0.6 is 0 Å². The molecule has 0 atom stereocenters. The molecule has 0 heterocycles. The number of carbonyl (C=O) groups excluding carboxylic acids is 1. The van der Waals surface area contributed by atoms with Crippen molar-refractivity contribution in [2.24, 2.45) is 0 Å². The second-order valence-corrected chi connectivity index (χ2v) is 8.64. The average molecular weight is 425 g/mol. The summed E-state index contributed by atoms with van der Waals surface area (Å²) in [6.07, 6.45) is 0. The fourth-order valence-corrected chi connectivity index (χ4v) is 4.15. The number of nitrogens with zero attached hydrogens (tertiary/aromatic N) is 1. The lowest BCUT2D eigenvalue weighted by molar-refractivity contribution is 0.0785. The van der Waals surface area contributed by atoms with Gasteiger partial charge in [0.05, 0.1) is 17.7 Å². The van der Waals surface area contributed by atoms with E-state index in [-0.39, 0.29) is 10.8 Å². The highest BCUT2D eigenvalue weighted by molar-refractivity contribution is 7.92. The third-order valence-corrected chi connectivity index (χ3v) is 6.08. The Labute approximate surface area is 177 Å². The Kier molecular flexibility index (Phi) is 6.42. The van der Waals surface area contributed by atoms with E-state index in [2.05, 4.69) is 4.72 Å². The van der Waals surface area contributed by atoms with Crippen molar-refractivity contribution in [3.8, 4) is 5.75 Å². The summed E-state index contributed by atoms with van der Waals surface area (Å²) in [6, 6.07) is 20.8. The van der Waals surface area contributed by atoms with Gasteiger partial charge in [-0.05, 0) is 60.5 Å². The monoisotopic (exact) mass is 424 g/mol. The highest BCUT2D eigenvalue weighted by atomic mass is 32.2. The molecule has 30 heavy (non-hydrogen) atoms. The Morgan fingerprint density at radius 2 is 1.67 bits per heavy atom. The number of methoxy groups -OCH3 is 1. The van der Waals surface area contributed by atoms with Gasteiger partial charge in [0.1, 0.15) is 5.75 Å². The molecule has 0 aliphatic heterocycles. The van der Waals surface area contributed by atoms with Gasteiger partial charge in [0.15, 0.2) is 0 Å². The molecule has 6 nitrogen and oxygen atoms in total. The molecular weight excluding hydrogens is 400 g/mol. The van der Waals surface area contributed by atoms with Crippen LogP contribution in [0, 0.1) is 6.92 Å². The predicted molar refractivity (Wildman–Crippen MR) is 117 cm³/mol. The second kappa shape index (κ2) is 9.00. The summed E-state index contributed by atoms with van der Waals surface area (Å²) in [5, 5.41) is 0. The maximum Gasteiger partial charge on any atom is 0.261 e. The SMILES string of the molecule is COc1ccc(S(=O)(=O)Nc2ccc(C(=O)N(C)Cc3ccccc3)cc2C)cc1. The van der Waals surface area contributed by atoms with Crippen LogP contribution in [0.5, 0.6) is 5.75 Å². The van der Waals surface area contributed by atoms with Gasteiger partial charge in [0.2, 0.25) is 0 Å². The molecule has 0 spiro atoms. The number of carbonyl (C=O) groups is 1. The summed E-state index contributed by atoms with van der Waals surface area (Å²) in [4.78, 5) is 14.5. The minimum absolute atomic E-state index is 0.130. The van der Waals surface area contributed by atoms with Gasteiger partial charge >= 0.3 is 0 Å². The Morgan fingerprint density at radius 1 is 1.00 bits per heavy atom. The molecular formula is C23H24N2O4S. The standard InChI is InChI=1S/C23H24N2O4S/c1-17-15-19(23(26)25(2)16-18-7-5-4-6-8-18)9-14-22(17)24-30(27,28)21-12-10-20(29-3)11-13-21/h4-15,24H,16H2,1-3H3. The second-order valence-electron chi connectivity index (χ2n) is 6.96. The summed E-state index contributed by atoms with van der Waals surface area (Å²) in [5.41, 5.74) is 2.62. The Hall–Kier alpha value is -3.32. The number of nitrogens with one attached hydrogen (secondary N) is 1. The van der Waals surface area contributed by atoms with Crippen molar-refractivity contribution >= 4 is 21.6 Å². The zero-order valence-corrected chi connectivity index (χ0v) is 17.9. The topological polar surface area (TPSA) is 75.7 Å². The van der Waals surface area contributed by atoms with Crippen molar-refractivity contribution in [3.63, 3.8) is 0 Å².